The molecule has 0 bridgehead atoms. The molecule has 0 spiro atoms. The van der Waals surface area contributed by atoms with Gasteiger partial charge in [-0.3, -0.25) is 0 Å². The lowest BCUT2D eigenvalue weighted by molar-refractivity contribution is 1.23. The van der Waals surface area contributed by atoms with Crippen LogP contribution in [0.15, 0.2) is 17.3 Å². The number of aryl methyl sites for hydroxylation is 1. The van der Waals surface area contributed by atoms with E-state index >= 15 is 0 Å². The van der Waals surface area contributed by atoms with E-state index in [1.54, 1.807) is 6.20 Å². The third-order valence-electron chi connectivity index (χ3n) is 1.59. The zero-order valence-corrected chi connectivity index (χ0v) is 10.7. The second-order valence-corrected chi connectivity index (χ2v) is 5.33. The highest BCUT2D eigenvalue weighted by molar-refractivity contribution is 7.66. The largest absolute Gasteiger partial charge is 0.242 e. The fourth-order valence-electron chi connectivity index (χ4n) is 0.950. The summed E-state index contributed by atoms with van der Waals surface area (Å²) >= 11 is 11.7. The van der Waals surface area contributed by atoms with Gasteiger partial charge in [0.1, 0.15) is 5.69 Å². The van der Waals surface area contributed by atoms with E-state index in [1.807, 2.05) is 13.0 Å². The molecular weight excluding hydrogens is 273 g/mol. The summed E-state index contributed by atoms with van der Waals surface area (Å²) in [6.07, 6.45) is 1.69. The summed E-state index contributed by atoms with van der Waals surface area (Å²) in [5, 5.41) is 0.776. The fourth-order valence-corrected chi connectivity index (χ4v) is 3.08. The van der Waals surface area contributed by atoms with E-state index in [-0.39, 0.29) is 0 Å². The number of aromatic nitrogens is 2. The van der Waals surface area contributed by atoms with Gasteiger partial charge in [-0.25, -0.2) is 9.98 Å². The van der Waals surface area contributed by atoms with Gasteiger partial charge >= 0.3 is 0 Å². The molecule has 0 radical (unpaired) electrons. The van der Waals surface area contributed by atoms with Gasteiger partial charge in [0.2, 0.25) is 0 Å². The molecule has 2 rings (SSSR count). The topological polar surface area (TPSA) is 38.1 Å². The van der Waals surface area contributed by atoms with Crippen LogP contribution in [0.2, 0.25) is 10.3 Å². The molecule has 3 nitrogen and oxygen atoms in total. The predicted octanol–water partition coefficient (Wildman–Crippen LogP) is 3.45. The highest BCUT2D eigenvalue weighted by atomic mass is 35.5. The van der Waals surface area contributed by atoms with Gasteiger partial charge < -0.3 is 0 Å². The molecular formula is C8H5Cl2N3S2. The Bertz CT molecular complexity index is 547. The molecule has 2 heterocycles. The number of hydrogen-bond acceptors (Lipinski definition) is 5. The molecule has 0 aromatic carbocycles. The van der Waals surface area contributed by atoms with E-state index in [2.05, 4.69) is 14.3 Å². The van der Waals surface area contributed by atoms with Gasteiger partial charge in [0.15, 0.2) is 15.0 Å². The van der Waals surface area contributed by atoms with Crippen molar-refractivity contribution in [2.45, 2.75) is 6.92 Å². The Balaban J connectivity index is 2.57. The first-order chi connectivity index (χ1) is 7.16. The molecule has 2 aromatic rings. The maximum atomic E-state index is 5.91. The van der Waals surface area contributed by atoms with Crippen LogP contribution in [0.5, 0.6) is 0 Å². The average Bonchev–Trinajstić information content (AvgIpc) is 2.58. The molecule has 0 aliphatic heterocycles. The highest BCUT2D eigenvalue weighted by Gasteiger charge is 2.02. The Kier molecular flexibility index (Phi) is 3.35. The number of halogens is 2. The molecule has 2 aromatic heterocycles. The van der Waals surface area contributed by atoms with Gasteiger partial charge in [0.25, 0.3) is 0 Å². The van der Waals surface area contributed by atoms with Gasteiger partial charge in [0.05, 0.1) is 0 Å². The number of hydrogen-bond donors (Lipinski definition) is 0. The van der Waals surface area contributed by atoms with Gasteiger partial charge in [-0.05, 0) is 28.9 Å². The molecule has 0 amide bonds. The van der Waals surface area contributed by atoms with Crippen LogP contribution in [0.3, 0.4) is 0 Å². The summed E-state index contributed by atoms with van der Waals surface area (Å²) < 4.78 is 4.60. The van der Waals surface area contributed by atoms with Crippen LogP contribution >= 0.6 is 44.1 Å². The zero-order valence-electron chi connectivity index (χ0n) is 7.57. The molecule has 0 atom stereocenters. The molecule has 0 unspecified atom stereocenters. The van der Waals surface area contributed by atoms with Crippen LogP contribution < -0.4 is 4.67 Å². The number of pyridine rings is 1. The molecule has 78 valence electrons. The summed E-state index contributed by atoms with van der Waals surface area (Å²) in [7, 11) is 2.70. The van der Waals surface area contributed by atoms with Crippen molar-refractivity contribution in [3.63, 3.8) is 0 Å². The lowest BCUT2D eigenvalue weighted by Gasteiger charge is -1.97. The van der Waals surface area contributed by atoms with Crippen molar-refractivity contribution in [3.8, 4) is 0 Å². The van der Waals surface area contributed by atoms with Crippen molar-refractivity contribution in [1.29, 1.82) is 0 Å². The van der Waals surface area contributed by atoms with Gasteiger partial charge in [-0.1, -0.05) is 23.2 Å². The quantitative estimate of drug-likeness (QED) is 0.592. The second-order valence-electron chi connectivity index (χ2n) is 2.78. The van der Waals surface area contributed by atoms with Crippen LogP contribution in [-0.2, 0) is 0 Å². The Morgan fingerprint density at radius 1 is 1.33 bits per heavy atom. The lowest BCUT2D eigenvalue weighted by Crippen LogP contribution is -1.93. The molecule has 0 aliphatic carbocycles. The van der Waals surface area contributed by atoms with Gasteiger partial charge in [-0.15, -0.1) is 0 Å². The third-order valence-corrected chi connectivity index (χ3v) is 4.05. The van der Waals surface area contributed by atoms with E-state index in [9.17, 15) is 0 Å². The smallest absolute Gasteiger partial charge is 0.179 e. The minimum absolute atomic E-state index is 0.370. The van der Waals surface area contributed by atoms with E-state index in [0.29, 0.717) is 20.7 Å². The predicted molar refractivity (Wildman–Crippen MR) is 64.2 cm³/mol. The lowest BCUT2D eigenvalue weighted by atomic mass is 10.3. The summed E-state index contributed by atoms with van der Waals surface area (Å²) in [5.41, 5.74) is 1.62. The van der Waals surface area contributed by atoms with Crippen LogP contribution in [-0.4, -0.2) is 9.36 Å². The van der Waals surface area contributed by atoms with Crippen molar-refractivity contribution >= 4 is 49.8 Å². The Labute approximate surface area is 104 Å². The van der Waals surface area contributed by atoms with Crippen molar-refractivity contribution < 1.29 is 0 Å². The highest BCUT2D eigenvalue weighted by Crippen LogP contribution is 2.23. The molecule has 0 N–H and O–H groups in total. The zero-order chi connectivity index (χ0) is 10.8. The van der Waals surface area contributed by atoms with Gasteiger partial charge in [0, 0.05) is 16.7 Å². The fraction of sp³-hybridized carbons (Fsp3) is 0.125. The summed E-state index contributed by atoms with van der Waals surface area (Å²) in [6.45, 7) is 1.93. The number of nitrogens with zero attached hydrogens (tertiary/aromatic N) is 3. The minimum atomic E-state index is 0.370. The first-order valence-electron chi connectivity index (χ1n) is 3.95. The minimum Gasteiger partial charge on any atom is -0.242 e. The van der Waals surface area contributed by atoms with Crippen molar-refractivity contribution in [3.05, 3.63) is 32.8 Å². The maximum Gasteiger partial charge on any atom is 0.179 e. The van der Waals surface area contributed by atoms with Crippen molar-refractivity contribution in [2.24, 2.45) is 4.99 Å². The average molecular weight is 278 g/mol. The Morgan fingerprint density at radius 2 is 2.13 bits per heavy atom. The van der Waals surface area contributed by atoms with E-state index in [1.165, 1.54) is 20.9 Å². The summed E-state index contributed by atoms with van der Waals surface area (Å²) in [5.74, 6) is 0. The number of rotatable bonds is 1. The van der Waals surface area contributed by atoms with Crippen molar-refractivity contribution in [2.75, 3.05) is 0 Å². The van der Waals surface area contributed by atoms with Crippen LogP contribution in [0.25, 0.3) is 0 Å². The summed E-state index contributed by atoms with van der Waals surface area (Å²) in [4.78, 5) is 8.31. The third kappa shape index (κ3) is 2.55. The van der Waals surface area contributed by atoms with Crippen LogP contribution in [0, 0.1) is 6.92 Å². The standard InChI is InChI=1S/C8H5Cl2N3S2/c1-4-2-5(6(9)11-3-4)12-8-7(10)13-15-14-8/h2-3H,1H3. The van der Waals surface area contributed by atoms with Gasteiger partial charge in [-0.2, -0.15) is 4.37 Å². The molecule has 0 saturated carbocycles. The first-order valence-corrected chi connectivity index (χ1v) is 6.81. The second kappa shape index (κ2) is 4.57. The maximum absolute atomic E-state index is 5.91. The molecule has 0 saturated heterocycles. The SMILES string of the molecule is Cc1cnc(Cl)c(N=c2ssnc2Cl)c1. The summed E-state index contributed by atoms with van der Waals surface area (Å²) in [6, 6.07) is 1.86. The van der Waals surface area contributed by atoms with Crippen LogP contribution in [0.4, 0.5) is 5.69 Å². The molecule has 0 aliphatic rings. The Hall–Kier alpha value is -0.490. The first kappa shape index (κ1) is 11.0. The molecule has 15 heavy (non-hydrogen) atoms. The molecule has 7 heteroatoms. The molecule has 0 fully saturated rings. The normalized spacial score (nSPS) is 12.1. The van der Waals surface area contributed by atoms with Crippen molar-refractivity contribution in [1.82, 2.24) is 9.36 Å². The van der Waals surface area contributed by atoms with E-state index in [0.717, 1.165) is 5.56 Å². The van der Waals surface area contributed by atoms with E-state index < -0.39 is 0 Å². The van der Waals surface area contributed by atoms with Crippen LogP contribution in [0.1, 0.15) is 5.56 Å². The monoisotopic (exact) mass is 277 g/mol. The Morgan fingerprint density at radius 3 is 2.80 bits per heavy atom. The van der Waals surface area contributed by atoms with E-state index in [4.69, 9.17) is 23.2 Å².